The molecule has 12 heteroatoms. The summed E-state index contributed by atoms with van der Waals surface area (Å²) < 4.78 is 25.2. The number of hydrogen-bond donors (Lipinski definition) is 4. The lowest BCUT2D eigenvalue weighted by Gasteiger charge is -2.37. The summed E-state index contributed by atoms with van der Waals surface area (Å²) in [6.45, 7) is 2.20. The quantitative estimate of drug-likeness (QED) is 0.232. The van der Waals surface area contributed by atoms with Gasteiger partial charge in [0.25, 0.3) is 12.4 Å². The molecule has 1 atom stereocenters. The summed E-state index contributed by atoms with van der Waals surface area (Å²) >= 11 is 0. The zero-order chi connectivity index (χ0) is 31.1. The van der Waals surface area contributed by atoms with E-state index in [9.17, 15) is 23.1 Å². The minimum atomic E-state index is -3.37. The third-order valence-electron chi connectivity index (χ3n) is 6.93. The smallest absolute Gasteiger partial charge is 0.290 e. The van der Waals surface area contributed by atoms with Crippen LogP contribution < -0.4 is 10.0 Å². The van der Waals surface area contributed by atoms with E-state index in [-0.39, 0.29) is 43.0 Å². The fraction of sp³-hybridized carbons (Fsp3) is 0.226. The van der Waals surface area contributed by atoms with Crippen molar-refractivity contribution in [1.29, 1.82) is 0 Å². The molecular formula is C31H32N4O7S. The molecule has 224 valence electrons. The van der Waals surface area contributed by atoms with E-state index in [1.54, 1.807) is 53.4 Å². The van der Waals surface area contributed by atoms with Crippen molar-refractivity contribution in [3.63, 3.8) is 0 Å². The van der Waals surface area contributed by atoms with Gasteiger partial charge in [0, 0.05) is 42.3 Å². The minimum Gasteiger partial charge on any atom is -0.508 e. The topological polar surface area (TPSA) is 166 Å². The van der Waals surface area contributed by atoms with Gasteiger partial charge in [-0.3, -0.25) is 24.1 Å². The zero-order valence-corrected chi connectivity index (χ0v) is 24.5. The van der Waals surface area contributed by atoms with Crippen LogP contribution in [-0.2, 0) is 39.1 Å². The fourth-order valence-electron chi connectivity index (χ4n) is 5.08. The van der Waals surface area contributed by atoms with Crippen molar-refractivity contribution in [3.8, 4) is 5.75 Å². The molecule has 1 aliphatic rings. The highest BCUT2D eigenvalue weighted by Crippen LogP contribution is 2.30. The first-order chi connectivity index (χ1) is 20.5. The second-order valence-electron chi connectivity index (χ2n) is 10.2. The molecule has 0 spiro atoms. The van der Waals surface area contributed by atoms with Gasteiger partial charge < -0.3 is 20.4 Å². The number of hydrogen-bond acceptors (Lipinski definition) is 7. The highest BCUT2D eigenvalue weighted by atomic mass is 32.2. The summed E-state index contributed by atoms with van der Waals surface area (Å²) in [6, 6.07) is 20.8. The van der Waals surface area contributed by atoms with Crippen molar-refractivity contribution in [3.05, 3.63) is 101 Å². The lowest BCUT2D eigenvalue weighted by Crippen LogP contribution is -2.46. The standard InChI is InChI=1S/C30H30N4O5S.CH2O2/c1-19-13-27(26-16-25(35)11-12-28(26)32-19)30(37)34-18-22-6-4-3-5-21(22)14-24(34)15-29(36)31-17-20-7-9-23(10-8-20)33-40(2,38)39;2-1-3/h3-13,16,24,33,35H,14-15,17-18H2,1-2H3,(H,31,36);1H,(H,2,3)/t24-;/m0./s1. The molecule has 4 N–H and O–H groups in total. The van der Waals surface area contributed by atoms with Crippen LogP contribution >= 0.6 is 0 Å². The van der Waals surface area contributed by atoms with Gasteiger partial charge in [-0.25, -0.2) is 8.42 Å². The SMILES string of the molecule is Cc1cc(C(=O)N2Cc3ccccc3C[C@H]2CC(=O)NCc2ccc(NS(C)(=O)=O)cc2)c2cc(O)ccc2n1.O=CO. The first kappa shape index (κ1) is 31.0. The molecule has 0 aliphatic carbocycles. The monoisotopic (exact) mass is 604 g/mol. The van der Waals surface area contributed by atoms with E-state index in [2.05, 4.69) is 15.0 Å². The number of carbonyl (C=O) groups excluding carboxylic acids is 2. The Morgan fingerprint density at radius 3 is 2.40 bits per heavy atom. The maximum atomic E-state index is 14.0. The first-order valence-corrected chi connectivity index (χ1v) is 15.3. The molecule has 3 aromatic carbocycles. The molecule has 0 radical (unpaired) electrons. The largest absolute Gasteiger partial charge is 0.508 e. The molecule has 2 amide bonds. The number of carboxylic acid groups (broad SMARTS) is 1. The van der Waals surface area contributed by atoms with Gasteiger partial charge in [0.2, 0.25) is 15.9 Å². The van der Waals surface area contributed by atoms with Crippen molar-refractivity contribution in [2.45, 2.75) is 38.9 Å². The summed E-state index contributed by atoms with van der Waals surface area (Å²) in [5.41, 5.74) is 5.13. The third kappa shape index (κ3) is 8.07. The van der Waals surface area contributed by atoms with Crippen LogP contribution in [0.1, 0.15) is 39.2 Å². The molecule has 1 aromatic heterocycles. The molecular weight excluding hydrogens is 572 g/mol. The molecule has 0 bridgehead atoms. The molecule has 4 aromatic rings. The summed E-state index contributed by atoms with van der Waals surface area (Å²) in [4.78, 5) is 41.7. The predicted octanol–water partition coefficient (Wildman–Crippen LogP) is 3.59. The molecule has 5 rings (SSSR count). The van der Waals surface area contributed by atoms with Crippen molar-refractivity contribution in [2.24, 2.45) is 0 Å². The van der Waals surface area contributed by atoms with E-state index in [0.29, 0.717) is 40.8 Å². The Morgan fingerprint density at radius 1 is 1.05 bits per heavy atom. The Morgan fingerprint density at radius 2 is 1.72 bits per heavy atom. The number of amides is 2. The average molecular weight is 605 g/mol. The summed E-state index contributed by atoms with van der Waals surface area (Å²) in [6.07, 6.45) is 1.73. The molecule has 0 unspecified atom stereocenters. The number of phenols is 1. The van der Waals surface area contributed by atoms with E-state index in [4.69, 9.17) is 9.90 Å². The Balaban J connectivity index is 0.00000135. The molecule has 1 aliphatic heterocycles. The maximum Gasteiger partial charge on any atom is 0.290 e. The third-order valence-corrected chi connectivity index (χ3v) is 7.54. The van der Waals surface area contributed by atoms with Crippen LogP contribution in [0.25, 0.3) is 10.9 Å². The number of phenolic OH excluding ortho intramolecular Hbond substituents is 1. The van der Waals surface area contributed by atoms with E-state index < -0.39 is 10.0 Å². The van der Waals surface area contributed by atoms with Gasteiger partial charge in [-0.1, -0.05) is 36.4 Å². The van der Waals surface area contributed by atoms with Crippen molar-refractivity contribution in [2.75, 3.05) is 11.0 Å². The normalized spacial score (nSPS) is 14.2. The number of rotatable bonds is 7. The minimum absolute atomic E-state index is 0.0484. The van der Waals surface area contributed by atoms with Gasteiger partial charge in [0.05, 0.1) is 17.3 Å². The number of benzene rings is 3. The molecule has 2 heterocycles. The maximum absolute atomic E-state index is 14.0. The van der Waals surface area contributed by atoms with Crippen molar-refractivity contribution < 1.29 is 33.0 Å². The second-order valence-corrected chi connectivity index (χ2v) is 12.0. The van der Waals surface area contributed by atoms with Gasteiger partial charge in [0.1, 0.15) is 5.75 Å². The Labute approximate surface area is 249 Å². The summed E-state index contributed by atoms with van der Waals surface area (Å²) in [5.74, 6) is -0.372. The number of aromatic hydroxyl groups is 1. The molecule has 43 heavy (non-hydrogen) atoms. The van der Waals surface area contributed by atoms with E-state index >= 15 is 0 Å². The fourth-order valence-corrected chi connectivity index (χ4v) is 5.64. The predicted molar refractivity (Wildman–Crippen MR) is 162 cm³/mol. The van der Waals surface area contributed by atoms with Crippen LogP contribution in [0.15, 0.2) is 72.8 Å². The highest BCUT2D eigenvalue weighted by Gasteiger charge is 2.32. The van der Waals surface area contributed by atoms with E-state index in [1.165, 1.54) is 0 Å². The van der Waals surface area contributed by atoms with Gasteiger partial charge in [-0.15, -0.1) is 0 Å². The number of pyridine rings is 1. The summed E-state index contributed by atoms with van der Waals surface area (Å²) in [5, 5.41) is 20.5. The molecule has 11 nitrogen and oxygen atoms in total. The second kappa shape index (κ2) is 13.3. The number of carbonyl (C=O) groups is 3. The van der Waals surface area contributed by atoms with Gasteiger partial charge in [-0.05, 0) is 66.4 Å². The van der Waals surface area contributed by atoms with Crippen LogP contribution in [0.2, 0.25) is 0 Å². The van der Waals surface area contributed by atoms with Gasteiger partial charge in [0.15, 0.2) is 0 Å². The average Bonchev–Trinajstić information content (AvgIpc) is 2.95. The van der Waals surface area contributed by atoms with Crippen LogP contribution in [0, 0.1) is 6.92 Å². The van der Waals surface area contributed by atoms with E-state index in [0.717, 1.165) is 22.9 Å². The Bertz CT molecular complexity index is 1760. The van der Waals surface area contributed by atoms with Gasteiger partial charge in [-0.2, -0.15) is 0 Å². The van der Waals surface area contributed by atoms with E-state index in [1.807, 2.05) is 31.2 Å². The van der Waals surface area contributed by atoms with Crippen molar-refractivity contribution >= 4 is 44.9 Å². The van der Waals surface area contributed by atoms with Crippen LogP contribution in [0.3, 0.4) is 0 Å². The lowest BCUT2D eigenvalue weighted by molar-refractivity contribution is -0.123. The number of anilines is 1. The van der Waals surface area contributed by atoms with Crippen LogP contribution in [0.4, 0.5) is 5.69 Å². The molecule has 0 saturated carbocycles. The highest BCUT2D eigenvalue weighted by molar-refractivity contribution is 7.92. The number of nitrogens with zero attached hydrogens (tertiary/aromatic N) is 2. The van der Waals surface area contributed by atoms with Crippen LogP contribution in [-0.4, -0.2) is 59.1 Å². The number of sulfonamides is 1. The van der Waals surface area contributed by atoms with Crippen LogP contribution in [0.5, 0.6) is 5.75 Å². The Hall–Kier alpha value is -4.97. The Kier molecular flexibility index (Phi) is 9.61. The molecule has 0 fully saturated rings. The number of nitrogens with one attached hydrogen (secondary N) is 2. The molecule has 0 saturated heterocycles. The lowest BCUT2D eigenvalue weighted by atomic mass is 9.91. The van der Waals surface area contributed by atoms with Crippen molar-refractivity contribution in [1.82, 2.24) is 15.2 Å². The zero-order valence-electron chi connectivity index (χ0n) is 23.6. The number of fused-ring (bicyclic) bond motifs is 2. The number of aryl methyl sites for hydroxylation is 1. The van der Waals surface area contributed by atoms with Gasteiger partial charge >= 0.3 is 0 Å². The summed E-state index contributed by atoms with van der Waals surface area (Å²) in [7, 11) is -3.37. The number of aromatic nitrogens is 1. The first-order valence-electron chi connectivity index (χ1n) is 13.4.